The number of carbonyl (C=O) groups is 4. The van der Waals surface area contributed by atoms with Gasteiger partial charge in [0.25, 0.3) is 5.91 Å². The standard InChI is InChI=1S/C23H23N3O7S/c27-20(24-17-4-3-5-19(14-17)34(31,32)25-12-1-2-13-25)15-33-23(30)16-6-8-18(9-7-16)26-21(28)10-11-22(26)29/h3-9,14H,1-2,10-13,15H2,(H,24,27). The number of hydrogen-bond donors (Lipinski definition) is 1. The number of imide groups is 1. The number of hydrogen-bond acceptors (Lipinski definition) is 7. The molecule has 2 heterocycles. The molecule has 0 atom stereocenters. The van der Waals surface area contributed by atoms with Gasteiger partial charge in [0.15, 0.2) is 6.61 Å². The fraction of sp³-hybridized carbons (Fsp3) is 0.304. The van der Waals surface area contributed by atoms with Gasteiger partial charge < -0.3 is 10.1 Å². The van der Waals surface area contributed by atoms with Crippen LogP contribution in [0.4, 0.5) is 11.4 Å². The van der Waals surface area contributed by atoms with Crippen LogP contribution in [0.3, 0.4) is 0 Å². The number of anilines is 2. The lowest BCUT2D eigenvalue weighted by molar-refractivity contribution is -0.121. The van der Waals surface area contributed by atoms with E-state index in [4.69, 9.17) is 4.74 Å². The minimum absolute atomic E-state index is 0.0826. The van der Waals surface area contributed by atoms with Gasteiger partial charge in [-0.2, -0.15) is 4.31 Å². The van der Waals surface area contributed by atoms with Crippen molar-refractivity contribution in [2.75, 3.05) is 29.9 Å². The maximum absolute atomic E-state index is 12.7. The summed E-state index contributed by atoms with van der Waals surface area (Å²) in [5.74, 6) is -1.98. The molecule has 0 saturated carbocycles. The number of sulfonamides is 1. The van der Waals surface area contributed by atoms with E-state index in [1.807, 2.05) is 0 Å². The Morgan fingerprint density at radius 2 is 1.59 bits per heavy atom. The van der Waals surface area contributed by atoms with Crippen molar-refractivity contribution < 1.29 is 32.3 Å². The SMILES string of the molecule is O=C(COC(=O)c1ccc(N2C(=O)CCC2=O)cc1)Nc1cccc(S(=O)(=O)N2CCCC2)c1. The molecule has 2 aromatic carbocycles. The maximum Gasteiger partial charge on any atom is 0.338 e. The number of benzene rings is 2. The number of esters is 1. The molecule has 0 unspecified atom stereocenters. The summed E-state index contributed by atoms with van der Waals surface area (Å²) in [5, 5.41) is 2.53. The molecular weight excluding hydrogens is 462 g/mol. The summed E-state index contributed by atoms with van der Waals surface area (Å²) in [5.41, 5.74) is 0.783. The van der Waals surface area contributed by atoms with E-state index in [0.717, 1.165) is 17.7 Å². The Hall–Kier alpha value is -3.57. The normalized spacial score (nSPS) is 16.6. The molecule has 178 valence electrons. The van der Waals surface area contributed by atoms with Crippen LogP contribution in [-0.2, 0) is 29.1 Å². The zero-order chi connectivity index (χ0) is 24.3. The molecular formula is C23H23N3O7S. The van der Waals surface area contributed by atoms with E-state index in [2.05, 4.69) is 5.32 Å². The molecule has 10 nitrogen and oxygen atoms in total. The zero-order valence-corrected chi connectivity index (χ0v) is 19.0. The molecule has 2 saturated heterocycles. The average Bonchev–Trinajstić information content (AvgIpc) is 3.48. The Bertz CT molecular complexity index is 1220. The van der Waals surface area contributed by atoms with E-state index >= 15 is 0 Å². The smallest absolute Gasteiger partial charge is 0.338 e. The van der Waals surface area contributed by atoms with Crippen LogP contribution >= 0.6 is 0 Å². The van der Waals surface area contributed by atoms with E-state index in [1.165, 1.54) is 46.8 Å². The summed E-state index contributed by atoms with van der Waals surface area (Å²) in [4.78, 5) is 49.3. The molecule has 2 aliphatic rings. The second-order valence-electron chi connectivity index (χ2n) is 7.93. The van der Waals surface area contributed by atoms with Gasteiger partial charge in [-0.05, 0) is 55.3 Å². The van der Waals surface area contributed by atoms with Crippen molar-refractivity contribution in [2.24, 2.45) is 0 Å². The summed E-state index contributed by atoms with van der Waals surface area (Å²) < 4.78 is 31.8. The fourth-order valence-electron chi connectivity index (χ4n) is 3.83. The lowest BCUT2D eigenvalue weighted by Gasteiger charge is -2.16. The number of ether oxygens (including phenoxy) is 1. The van der Waals surface area contributed by atoms with Gasteiger partial charge in [-0.1, -0.05) is 6.07 Å². The van der Waals surface area contributed by atoms with Crippen LogP contribution in [0.15, 0.2) is 53.4 Å². The highest BCUT2D eigenvalue weighted by molar-refractivity contribution is 7.89. The van der Waals surface area contributed by atoms with Crippen LogP contribution in [0.2, 0.25) is 0 Å². The number of amides is 3. The summed E-state index contributed by atoms with van der Waals surface area (Å²) >= 11 is 0. The third-order valence-electron chi connectivity index (χ3n) is 5.57. The largest absolute Gasteiger partial charge is 0.452 e. The third kappa shape index (κ3) is 5.00. The number of nitrogens with one attached hydrogen (secondary N) is 1. The topological polar surface area (TPSA) is 130 Å². The first-order valence-electron chi connectivity index (χ1n) is 10.8. The predicted molar refractivity (Wildman–Crippen MR) is 122 cm³/mol. The van der Waals surface area contributed by atoms with E-state index in [9.17, 15) is 27.6 Å². The zero-order valence-electron chi connectivity index (χ0n) is 18.2. The first-order chi connectivity index (χ1) is 16.3. The average molecular weight is 486 g/mol. The summed E-state index contributed by atoms with van der Waals surface area (Å²) in [6, 6.07) is 11.6. The quantitative estimate of drug-likeness (QED) is 0.468. The predicted octanol–water partition coefficient (Wildman–Crippen LogP) is 1.92. The van der Waals surface area contributed by atoms with Crippen LogP contribution in [-0.4, -0.2) is 56.1 Å². The lowest BCUT2D eigenvalue weighted by atomic mass is 10.2. The Morgan fingerprint density at radius 3 is 2.24 bits per heavy atom. The van der Waals surface area contributed by atoms with Gasteiger partial charge in [0.1, 0.15) is 0 Å². The third-order valence-corrected chi connectivity index (χ3v) is 7.46. The molecule has 0 aromatic heterocycles. The van der Waals surface area contributed by atoms with Crippen molar-refractivity contribution in [3.63, 3.8) is 0 Å². The summed E-state index contributed by atoms with van der Waals surface area (Å²) in [6.45, 7) is 0.369. The molecule has 4 rings (SSSR count). The van der Waals surface area contributed by atoms with Crippen LogP contribution in [0.25, 0.3) is 0 Å². The maximum atomic E-state index is 12.7. The van der Waals surface area contributed by atoms with E-state index in [0.29, 0.717) is 18.8 Å². The molecule has 11 heteroatoms. The first kappa shape index (κ1) is 23.6. The van der Waals surface area contributed by atoms with Crippen LogP contribution in [0, 0.1) is 0 Å². The second-order valence-corrected chi connectivity index (χ2v) is 9.87. The number of nitrogens with zero attached hydrogens (tertiary/aromatic N) is 2. The minimum atomic E-state index is -3.62. The van der Waals surface area contributed by atoms with Crippen molar-refractivity contribution in [3.05, 3.63) is 54.1 Å². The molecule has 0 bridgehead atoms. The molecule has 1 N–H and O–H groups in total. The highest BCUT2D eigenvalue weighted by Crippen LogP contribution is 2.24. The van der Waals surface area contributed by atoms with E-state index in [1.54, 1.807) is 6.07 Å². The molecule has 3 amide bonds. The van der Waals surface area contributed by atoms with Crippen molar-refractivity contribution in [3.8, 4) is 0 Å². The summed E-state index contributed by atoms with van der Waals surface area (Å²) in [7, 11) is -3.62. The lowest BCUT2D eigenvalue weighted by Crippen LogP contribution is -2.28. The molecule has 34 heavy (non-hydrogen) atoms. The van der Waals surface area contributed by atoms with Gasteiger partial charge in [0.05, 0.1) is 16.1 Å². The Labute approximate surface area is 196 Å². The number of rotatable bonds is 7. The fourth-order valence-corrected chi connectivity index (χ4v) is 5.40. The molecule has 0 radical (unpaired) electrons. The van der Waals surface area contributed by atoms with Crippen molar-refractivity contribution >= 4 is 45.1 Å². The van der Waals surface area contributed by atoms with Gasteiger partial charge >= 0.3 is 5.97 Å². The van der Waals surface area contributed by atoms with E-state index < -0.39 is 28.5 Å². The summed E-state index contributed by atoms with van der Waals surface area (Å²) in [6.07, 6.45) is 1.95. The Morgan fingerprint density at radius 1 is 0.941 bits per heavy atom. The Balaban J connectivity index is 1.33. The van der Waals surface area contributed by atoms with Crippen molar-refractivity contribution in [1.82, 2.24) is 4.31 Å². The Kier molecular flexibility index (Phi) is 6.75. The highest BCUT2D eigenvalue weighted by atomic mass is 32.2. The molecule has 0 aliphatic carbocycles. The molecule has 2 aromatic rings. The van der Waals surface area contributed by atoms with Gasteiger partial charge in [0.2, 0.25) is 21.8 Å². The minimum Gasteiger partial charge on any atom is -0.452 e. The monoisotopic (exact) mass is 485 g/mol. The van der Waals surface area contributed by atoms with Crippen molar-refractivity contribution in [1.29, 1.82) is 0 Å². The second kappa shape index (κ2) is 9.74. The van der Waals surface area contributed by atoms with E-state index in [-0.39, 0.29) is 40.8 Å². The molecule has 2 aliphatic heterocycles. The molecule has 2 fully saturated rings. The number of carbonyl (C=O) groups excluding carboxylic acids is 4. The van der Waals surface area contributed by atoms with Gasteiger partial charge in [0, 0.05) is 31.6 Å². The van der Waals surface area contributed by atoms with Crippen LogP contribution in [0.5, 0.6) is 0 Å². The van der Waals surface area contributed by atoms with Crippen LogP contribution < -0.4 is 10.2 Å². The first-order valence-corrected chi connectivity index (χ1v) is 12.2. The van der Waals surface area contributed by atoms with Gasteiger partial charge in [-0.15, -0.1) is 0 Å². The molecule has 0 spiro atoms. The van der Waals surface area contributed by atoms with Crippen molar-refractivity contribution in [2.45, 2.75) is 30.6 Å². The van der Waals surface area contributed by atoms with Gasteiger partial charge in [-0.3, -0.25) is 19.3 Å². The van der Waals surface area contributed by atoms with Gasteiger partial charge in [-0.25, -0.2) is 13.2 Å². The van der Waals surface area contributed by atoms with Crippen LogP contribution in [0.1, 0.15) is 36.0 Å². The highest BCUT2D eigenvalue weighted by Gasteiger charge is 2.30.